The summed E-state index contributed by atoms with van der Waals surface area (Å²) in [6.07, 6.45) is -2.84. The summed E-state index contributed by atoms with van der Waals surface area (Å²) in [7, 11) is 0. The van der Waals surface area contributed by atoms with Gasteiger partial charge in [0.2, 0.25) is 0 Å². The number of rotatable bonds is 0. The molecule has 4 nitrogen and oxygen atoms in total. The quantitative estimate of drug-likeness (QED) is 0.440. The Labute approximate surface area is 57.5 Å². The first-order chi connectivity index (χ1) is 4.61. The average molecular weight is 144 g/mol. The highest BCUT2D eigenvalue weighted by Crippen LogP contribution is 2.11. The maximum Gasteiger partial charge on any atom is 0.164 e. The molecule has 0 aliphatic heterocycles. The largest absolute Gasteiger partial charge is 0.385 e. The first-order valence-corrected chi connectivity index (χ1v) is 3.03. The first-order valence-electron chi connectivity index (χ1n) is 3.03. The van der Waals surface area contributed by atoms with Crippen LogP contribution in [0.5, 0.6) is 0 Å². The van der Waals surface area contributed by atoms with Crippen molar-refractivity contribution in [3.8, 4) is 0 Å². The van der Waals surface area contributed by atoms with Crippen molar-refractivity contribution in [1.29, 1.82) is 0 Å². The van der Waals surface area contributed by atoms with E-state index in [-0.39, 0.29) is 12.8 Å². The van der Waals surface area contributed by atoms with E-state index in [1.807, 2.05) is 0 Å². The molecule has 2 atom stereocenters. The Kier molecular flexibility index (Phi) is 1.82. The average Bonchev–Trinajstić information content (AvgIpc) is 1.84. The highest BCUT2D eigenvalue weighted by atomic mass is 16.3. The van der Waals surface area contributed by atoms with Gasteiger partial charge in [-0.05, 0) is 0 Å². The predicted molar refractivity (Wildman–Crippen MR) is 31.3 cm³/mol. The lowest BCUT2D eigenvalue weighted by atomic mass is 9.93. The van der Waals surface area contributed by atoms with Crippen molar-refractivity contribution in [2.24, 2.45) is 0 Å². The van der Waals surface area contributed by atoms with Gasteiger partial charge in [0.15, 0.2) is 11.6 Å². The minimum atomic E-state index is -1.18. The zero-order valence-corrected chi connectivity index (χ0v) is 5.28. The Hall–Kier alpha value is -0.740. The van der Waals surface area contributed by atoms with Crippen molar-refractivity contribution < 1.29 is 19.8 Å². The number of carbonyl (C=O) groups is 2. The SMILES string of the molecule is O=C1CC(O)C(=O)CC1O. The summed E-state index contributed by atoms with van der Waals surface area (Å²) in [6, 6.07) is 0. The van der Waals surface area contributed by atoms with Crippen molar-refractivity contribution >= 4 is 11.6 Å². The number of aliphatic hydroxyl groups excluding tert-OH is 2. The monoisotopic (exact) mass is 144 g/mol. The van der Waals surface area contributed by atoms with Gasteiger partial charge in [0.05, 0.1) is 0 Å². The summed E-state index contributed by atoms with van der Waals surface area (Å²) in [5, 5.41) is 17.6. The maximum absolute atomic E-state index is 10.6. The second-order valence-corrected chi connectivity index (χ2v) is 2.37. The minimum absolute atomic E-state index is 0.236. The van der Waals surface area contributed by atoms with E-state index < -0.39 is 23.8 Å². The van der Waals surface area contributed by atoms with Gasteiger partial charge in [0.25, 0.3) is 0 Å². The van der Waals surface area contributed by atoms with Crippen LogP contribution in [0.3, 0.4) is 0 Å². The van der Waals surface area contributed by atoms with E-state index in [4.69, 9.17) is 10.2 Å². The lowest BCUT2D eigenvalue weighted by molar-refractivity contribution is -0.144. The van der Waals surface area contributed by atoms with Crippen molar-refractivity contribution in [2.45, 2.75) is 25.0 Å². The van der Waals surface area contributed by atoms with E-state index in [0.29, 0.717) is 0 Å². The van der Waals surface area contributed by atoms with Crippen molar-refractivity contribution in [1.82, 2.24) is 0 Å². The number of ketones is 2. The lowest BCUT2D eigenvalue weighted by Gasteiger charge is -2.18. The molecule has 0 amide bonds. The second kappa shape index (κ2) is 2.48. The topological polar surface area (TPSA) is 74.6 Å². The second-order valence-electron chi connectivity index (χ2n) is 2.37. The van der Waals surface area contributed by atoms with Crippen LogP contribution in [0.1, 0.15) is 12.8 Å². The fraction of sp³-hybridized carbons (Fsp3) is 0.667. The molecular formula is C6H8O4. The molecule has 0 aromatic rings. The first kappa shape index (κ1) is 7.37. The van der Waals surface area contributed by atoms with Crippen LogP contribution in [-0.2, 0) is 9.59 Å². The predicted octanol–water partition coefficient (Wildman–Crippen LogP) is -1.36. The Balaban J connectivity index is 2.63. The third-order valence-corrected chi connectivity index (χ3v) is 1.53. The van der Waals surface area contributed by atoms with Crippen LogP contribution in [-0.4, -0.2) is 34.0 Å². The van der Waals surface area contributed by atoms with Crippen molar-refractivity contribution in [2.75, 3.05) is 0 Å². The van der Waals surface area contributed by atoms with Gasteiger partial charge in [-0.25, -0.2) is 0 Å². The van der Waals surface area contributed by atoms with Crippen molar-refractivity contribution in [3.63, 3.8) is 0 Å². The van der Waals surface area contributed by atoms with Crippen LogP contribution in [0.15, 0.2) is 0 Å². The molecule has 0 bridgehead atoms. The van der Waals surface area contributed by atoms with Crippen LogP contribution in [0, 0.1) is 0 Å². The molecule has 1 rings (SSSR count). The molecule has 10 heavy (non-hydrogen) atoms. The highest BCUT2D eigenvalue weighted by molar-refractivity contribution is 5.98. The smallest absolute Gasteiger partial charge is 0.164 e. The van der Waals surface area contributed by atoms with Gasteiger partial charge >= 0.3 is 0 Å². The van der Waals surface area contributed by atoms with Crippen LogP contribution in [0.25, 0.3) is 0 Å². The number of carbonyl (C=O) groups excluding carboxylic acids is 2. The van der Waals surface area contributed by atoms with Crippen LogP contribution < -0.4 is 0 Å². The lowest BCUT2D eigenvalue weighted by Crippen LogP contribution is -2.38. The molecule has 1 fully saturated rings. The molecule has 0 aromatic carbocycles. The Morgan fingerprint density at radius 3 is 1.60 bits per heavy atom. The van der Waals surface area contributed by atoms with Gasteiger partial charge in [-0.15, -0.1) is 0 Å². The third-order valence-electron chi connectivity index (χ3n) is 1.53. The maximum atomic E-state index is 10.6. The van der Waals surface area contributed by atoms with Gasteiger partial charge in [0, 0.05) is 12.8 Å². The number of hydrogen-bond acceptors (Lipinski definition) is 4. The Bertz CT molecular complexity index is 155. The fourth-order valence-electron chi connectivity index (χ4n) is 0.881. The van der Waals surface area contributed by atoms with Gasteiger partial charge in [-0.3, -0.25) is 9.59 Å². The number of hydrogen-bond donors (Lipinski definition) is 2. The van der Waals surface area contributed by atoms with Crippen LogP contribution in [0.4, 0.5) is 0 Å². The molecule has 0 radical (unpaired) electrons. The molecule has 2 N–H and O–H groups in total. The molecule has 0 aromatic heterocycles. The fourth-order valence-corrected chi connectivity index (χ4v) is 0.881. The molecule has 4 heteroatoms. The third kappa shape index (κ3) is 1.22. The molecule has 0 heterocycles. The van der Waals surface area contributed by atoms with E-state index in [0.717, 1.165) is 0 Å². The van der Waals surface area contributed by atoms with E-state index in [2.05, 4.69) is 0 Å². The molecule has 1 saturated carbocycles. The van der Waals surface area contributed by atoms with E-state index in [1.165, 1.54) is 0 Å². The molecule has 1 aliphatic carbocycles. The summed E-state index contributed by atoms with van der Waals surface area (Å²) >= 11 is 0. The normalized spacial score (nSPS) is 34.6. The Morgan fingerprint density at radius 2 is 1.30 bits per heavy atom. The molecule has 0 saturated heterocycles. The molecule has 0 spiro atoms. The van der Waals surface area contributed by atoms with E-state index >= 15 is 0 Å². The zero-order chi connectivity index (χ0) is 7.72. The molecule has 56 valence electrons. The minimum Gasteiger partial charge on any atom is -0.385 e. The van der Waals surface area contributed by atoms with E-state index in [9.17, 15) is 9.59 Å². The number of Topliss-reactive ketones (excluding diaryl/α,β-unsaturated/α-hetero) is 2. The van der Waals surface area contributed by atoms with Gasteiger partial charge in [-0.2, -0.15) is 0 Å². The Morgan fingerprint density at radius 1 is 1.00 bits per heavy atom. The summed E-state index contributed by atoms with van der Waals surface area (Å²) in [5.41, 5.74) is 0. The molecular weight excluding hydrogens is 136 g/mol. The van der Waals surface area contributed by atoms with Crippen LogP contribution >= 0.6 is 0 Å². The van der Waals surface area contributed by atoms with Gasteiger partial charge in [-0.1, -0.05) is 0 Å². The molecule has 1 aliphatic rings. The highest BCUT2D eigenvalue weighted by Gasteiger charge is 2.31. The van der Waals surface area contributed by atoms with E-state index in [1.54, 1.807) is 0 Å². The van der Waals surface area contributed by atoms with Gasteiger partial charge < -0.3 is 10.2 Å². The number of aliphatic hydroxyl groups is 2. The molecule has 2 unspecified atom stereocenters. The summed E-state index contributed by atoms with van der Waals surface area (Å²) in [4.78, 5) is 21.2. The standard InChI is InChI=1S/C6H8O4/c7-3-1-4(8)6(10)2-5(3)9/h3,6-7,10H,1-2H2. The summed E-state index contributed by atoms with van der Waals surface area (Å²) in [6.45, 7) is 0. The van der Waals surface area contributed by atoms with Crippen molar-refractivity contribution in [3.05, 3.63) is 0 Å². The van der Waals surface area contributed by atoms with Gasteiger partial charge in [0.1, 0.15) is 12.2 Å². The zero-order valence-electron chi connectivity index (χ0n) is 5.28. The van der Waals surface area contributed by atoms with Crippen LogP contribution in [0.2, 0.25) is 0 Å². The summed E-state index contributed by atoms with van der Waals surface area (Å²) in [5.74, 6) is -0.904. The summed E-state index contributed by atoms with van der Waals surface area (Å²) < 4.78 is 0.